The van der Waals surface area contributed by atoms with Gasteiger partial charge in [0.05, 0.1) is 5.69 Å². The first-order valence-corrected chi connectivity index (χ1v) is 23.5. The van der Waals surface area contributed by atoms with Gasteiger partial charge in [0.15, 0.2) is 0 Å². The van der Waals surface area contributed by atoms with Gasteiger partial charge >= 0.3 is 0 Å². The highest BCUT2D eigenvalue weighted by Crippen LogP contribution is 2.55. The second-order valence-electron chi connectivity index (χ2n) is 19.5. The number of benzene rings is 10. The van der Waals surface area contributed by atoms with Gasteiger partial charge in [-0.05, 0) is 154 Å². The summed E-state index contributed by atoms with van der Waals surface area (Å²) < 4.78 is 0. The smallest absolute Gasteiger partial charge is 0.0701 e. The minimum atomic E-state index is -0.263. The Morgan fingerprint density at radius 3 is 1.43 bits per heavy atom. The van der Waals surface area contributed by atoms with Crippen molar-refractivity contribution in [3.63, 3.8) is 0 Å². The predicted octanol–water partition coefficient (Wildman–Crippen LogP) is 17.6. The molecule has 0 N–H and O–H groups in total. The Balaban J connectivity index is 0.950. The third-order valence-corrected chi connectivity index (χ3v) is 15.1. The van der Waals surface area contributed by atoms with Gasteiger partial charge in [0, 0.05) is 39.7 Å². The molecule has 2 aliphatic carbocycles. The molecule has 2 heteroatoms. The summed E-state index contributed by atoms with van der Waals surface area (Å²) >= 11 is 0. The number of nitrogens with zero attached hydrogens (tertiary/aromatic N) is 2. The van der Waals surface area contributed by atoms with E-state index in [2.05, 4.69) is 238 Å². The molecule has 11 aromatic rings. The molecule has 0 spiro atoms. The first-order chi connectivity index (χ1) is 32.8. The highest BCUT2D eigenvalue weighted by Gasteiger charge is 2.38. The summed E-state index contributed by atoms with van der Waals surface area (Å²) in [6, 6.07) is 78.9. The number of anilines is 3. The maximum absolute atomic E-state index is 4.66. The molecule has 0 aliphatic heterocycles. The quantitative estimate of drug-likeness (QED) is 0.155. The van der Waals surface area contributed by atoms with Crippen LogP contribution in [0.25, 0.3) is 88.1 Å². The van der Waals surface area contributed by atoms with Crippen molar-refractivity contribution in [1.82, 2.24) is 4.98 Å². The molecule has 10 aromatic carbocycles. The molecule has 318 valence electrons. The van der Waals surface area contributed by atoms with E-state index in [1.54, 1.807) is 0 Å². The second-order valence-corrected chi connectivity index (χ2v) is 19.5. The zero-order chi connectivity index (χ0) is 45.0. The number of hydrogen-bond acceptors (Lipinski definition) is 2. The summed E-state index contributed by atoms with van der Waals surface area (Å²) in [5, 5.41) is 7.61. The summed E-state index contributed by atoms with van der Waals surface area (Å²) in [5.74, 6) is 0. The number of pyridine rings is 1. The molecule has 1 aromatic heterocycles. The first kappa shape index (κ1) is 39.3. The predicted molar refractivity (Wildman–Crippen MR) is 283 cm³/mol. The summed E-state index contributed by atoms with van der Waals surface area (Å²) in [6.07, 6.45) is 1.86. The Morgan fingerprint density at radius 1 is 0.328 bits per heavy atom. The number of aromatic nitrogens is 1. The SMILES string of the molecule is CC1(C)c2ccccc2-c2ccc(N(c3ccc(-c4ccccn4)cc3)c3ccc4c(c3)C(C)(C)c3cc(-c5c6ccccc6c(-c6cccc7ccccc67)c6ccccc56)ccc3-4)cc21. The fraction of sp³-hybridized carbons (Fsp3) is 0.0923. The standard InChI is InChI=1S/C65H48N2/c1-64(2)57-25-12-11-19-48(57)50-35-32-45(39-59(50)64)67(44-30-27-42(28-31-44)61-26-13-14-37-66-61)46-33-36-51-49-34-29-43(38-58(49)65(3,4)60(51)40-46)62-53-20-7-9-22-55(53)63(56-23-10-8-21-54(56)62)52-24-15-17-41-16-5-6-18-47(41)52/h5-40H,1-4H3. The number of hydrogen-bond donors (Lipinski definition) is 0. The molecule has 0 fully saturated rings. The molecular formula is C65H48N2. The Morgan fingerprint density at radius 2 is 0.791 bits per heavy atom. The Bertz CT molecular complexity index is 3740. The molecule has 0 saturated carbocycles. The van der Waals surface area contributed by atoms with Crippen molar-refractivity contribution in [1.29, 1.82) is 0 Å². The van der Waals surface area contributed by atoms with Crippen LogP contribution in [0.15, 0.2) is 219 Å². The van der Waals surface area contributed by atoms with Crippen molar-refractivity contribution in [3.8, 4) is 55.8 Å². The van der Waals surface area contributed by atoms with Gasteiger partial charge in [0.2, 0.25) is 0 Å². The van der Waals surface area contributed by atoms with Crippen molar-refractivity contribution in [3.05, 3.63) is 241 Å². The minimum Gasteiger partial charge on any atom is -0.310 e. The monoisotopic (exact) mass is 856 g/mol. The van der Waals surface area contributed by atoms with Gasteiger partial charge in [-0.3, -0.25) is 4.98 Å². The molecule has 1 heterocycles. The van der Waals surface area contributed by atoms with Crippen LogP contribution >= 0.6 is 0 Å². The maximum Gasteiger partial charge on any atom is 0.0701 e. The molecule has 0 saturated heterocycles. The van der Waals surface area contributed by atoms with E-state index in [0.29, 0.717) is 0 Å². The summed E-state index contributed by atoms with van der Waals surface area (Å²) in [4.78, 5) is 7.10. The van der Waals surface area contributed by atoms with E-state index in [9.17, 15) is 0 Å². The van der Waals surface area contributed by atoms with Crippen LogP contribution in [0.3, 0.4) is 0 Å². The molecule has 0 unspecified atom stereocenters. The molecule has 0 radical (unpaired) electrons. The van der Waals surface area contributed by atoms with E-state index in [1.807, 2.05) is 18.3 Å². The number of fused-ring (bicyclic) bond motifs is 9. The molecular weight excluding hydrogens is 809 g/mol. The van der Waals surface area contributed by atoms with Crippen LogP contribution in [0.4, 0.5) is 17.1 Å². The number of rotatable bonds is 6. The Labute approximate surface area is 392 Å². The van der Waals surface area contributed by atoms with Crippen LogP contribution in [0, 0.1) is 0 Å². The van der Waals surface area contributed by atoms with Gasteiger partial charge in [-0.25, -0.2) is 0 Å². The van der Waals surface area contributed by atoms with Crippen LogP contribution < -0.4 is 4.90 Å². The Hall–Kier alpha value is -8.07. The van der Waals surface area contributed by atoms with E-state index < -0.39 is 0 Å². The van der Waals surface area contributed by atoms with Crippen molar-refractivity contribution >= 4 is 49.4 Å². The zero-order valence-electron chi connectivity index (χ0n) is 38.2. The van der Waals surface area contributed by atoms with Gasteiger partial charge in [-0.15, -0.1) is 0 Å². The largest absolute Gasteiger partial charge is 0.310 e. The van der Waals surface area contributed by atoms with Gasteiger partial charge in [0.25, 0.3) is 0 Å². The van der Waals surface area contributed by atoms with E-state index in [1.165, 1.54) is 99.1 Å². The minimum absolute atomic E-state index is 0.122. The fourth-order valence-corrected chi connectivity index (χ4v) is 11.8. The van der Waals surface area contributed by atoms with E-state index in [4.69, 9.17) is 0 Å². The lowest BCUT2D eigenvalue weighted by Crippen LogP contribution is -2.18. The van der Waals surface area contributed by atoms with Gasteiger partial charge < -0.3 is 4.90 Å². The third-order valence-electron chi connectivity index (χ3n) is 15.1. The second kappa shape index (κ2) is 14.7. The van der Waals surface area contributed by atoms with Crippen LogP contribution in [0.2, 0.25) is 0 Å². The van der Waals surface area contributed by atoms with Crippen molar-refractivity contribution < 1.29 is 0 Å². The van der Waals surface area contributed by atoms with E-state index in [0.717, 1.165) is 28.3 Å². The van der Waals surface area contributed by atoms with E-state index in [-0.39, 0.29) is 10.8 Å². The lowest BCUT2D eigenvalue weighted by Gasteiger charge is -2.30. The van der Waals surface area contributed by atoms with Gasteiger partial charge in [-0.2, -0.15) is 0 Å². The first-order valence-electron chi connectivity index (χ1n) is 23.5. The average molecular weight is 857 g/mol. The molecule has 0 bridgehead atoms. The van der Waals surface area contributed by atoms with Crippen LogP contribution in [0.1, 0.15) is 49.9 Å². The molecule has 67 heavy (non-hydrogen) atoms. The molecule has 2 aliphatic rings. The lowest BCUT2D eigenvalue weighted by atomic mass is 9.80. The molecule has 0 amide bonds. The van der Waals surface area contributed by atoms with Crippen molar-refractivity contribution in [2.75, 3.05) is 4.90 Å². The fourth-order valence-electron chi connectivity index (χ4n) is 11.8. The van der Waals surface area contributed by atoms with Crippen LogP contribution in [0.5, 0.6) is 0 Å². The maximum atomic E-state index is 4.66. The molecule has 13 rings (SSSR count). The zero-order valence-corrected chi connectivity index (χ0v) is 38.2. The molecule has 2 nitrogen and oxygen atoms in total. The van der Waals surface area contributed by atoms with Gasteiger partial charge in [0.1, 0.15) is 0 Å². The normalized spacial score (nSPS) is 13.9. The summed E-state index contributed by atoms with van der Waals surface area (Å²) in [5.41, 5.74) is 20.8. The van der Waals surface area contributed by atoms with Crippen LogP contribution in [-0.2, 0) is 10.8 Å². The van der Waals surface area contributed by atoms with E-state index >= 15 is 0 Å². The van der Waals surface area contributed by atoms with Crippen molar-refractivity contribution in [2.45, 2.75) is 38.5 Å². The summed E-state index contributed by atoms with van der Waals surface area (Å²) in [6.45, 7) is 9.54. The Kier molecular flexibility index (Phi) is 8.64. The third kappa shape index (κ3) is 5.92. The molecule has 0 atom stereocenters. The highest BCUT2D eigenvalue weighted by molar-refractivity contribution is 6.23. The lowest BCUT2D eigenvalue weighted by molar-refractivity contribution is 0.660. The topological polar surface area (TPSA) is 16.1 Å². The highest BCUT2D eigenvalue weighted by atomic mass is 15.1. The summed E-state index contributed by atoms with van der Waals surface area (Å²) in [7, 11) is 0. The van der Waals surface area contributed by atoms with Crippen molar-refractivity contribution in [2.24, 2.45) is 0 Å². The average Bonchev–Trinajstić information content (AvgIpc) is 3.74. The van der Waals surface area contributed by atoms with Gasteiger partial charge in [-0.1, -0.05) is 185 Å². The van der Waals surface area contributed by atoms with Crippen LogP contribution in [-0.4, -0.2) is 4.98 Å².